The largest absolute Gasteiger partial charge is 0.467 e. The van der Waals surface area contributed by atoms with Gasteiger partial charge in [0.05, 0.1) is 12.8 Å². The van der Waals surface area contributed by atoms with E-state index in [1.54, 1.807) is 48.5 Å². The van der Waals surface area contributed by atoms with Crippen molar-refractivity contribution in [3.8, 4) is 0 Å². The minimum Gasteiger partial charge on any atom is -0.467 e. The average molecular weight is 462 g/mol. The van der Waals surface area contributed by atoms with E-state index >= 15 is 0 Å². The number of furan rings is 2. The Hall–Kier alpha value is -2.81. The summed E-state index contributed by atoms with van der Waals surface area (Å²) >= 11 is 2.03. The first-order valence-corrected chi connectivity index (χ1v) is 8.84. The van der Waals surface area contributed by atoms with E-state index in [4.69, 9.17) is 8.83 Å². The first kappa shape index (κ1) is 18.0. The molecule has 3 rings (SSSR count). The number of rotatable bonds is 6. The molecule has 0 aliphatic rings. The van der Waals surface area contributed by atoms with Crippen molar-refractivity contribution < 1.29 is 18.4 Å². The lowest BCUT2D eigenvalue weighted by Crippen LogP contribution is -2.34. The molecule has 3 aromatic rings. The molecule has 2 heterocycles. The lowest BCUT2D eigenvalue weighted by Gasteiger charge is -2.10. The Kier molecular flexibility index (Phi) is 5.90. The van der Waals surface area contributed by atoms with E-state index in [1.165, 1.54) is 12.3 Å². The molecule has 2 N–H and O–H groups in total. The summed E-state index contributed by atoms with van der Waals surface area (Å²) in [6.45, 7) is 0.208. The minimum atomic E-state index is -0.447. The van der Waals surface area contributed by atoms with Crippen LogP contribution in [0, 0.1) is 3.77 Å². The molecule has 0 bridgehead atoms. The van der Waals surface area contributed by atoms with Crippen molar-refractivity contribution >= 4 is 40.5 Å². The van der Waals surface area contributed by atoms with Gasteiger partial charge in [-0.05, 0) is 59.0 Å². The molecule has 0 saturated heterocycles. The topological polar surface area (TPSA) is 84.5 Å². The molecule has 2 aromatic heterocycles. The predicted octanol–water partition coefficient (Wildman–Crippen LogP) is 3.56. The molecule has 7 heteroatoms. The van der Waals surface area contributed by atoms with Crippen LogP contribution in [0.3, 0.4) is 0 Å². The molecule has 0 spiro atoms. The number of carbonyl (C=O) groups is 2. The molecule has 1 aromatic carbocycles. The van der Waals surface area contributed by atoms with E-state index in [2.05, 4.69) is 10.6 Å². The van der Waals surface area contributed by atoms with E-state index in [0.717, 1.165) is 0 Å². The van der Waals surface area contributed by atoms with Crippen LogP contribution in [0.15, 0.2) is 75.4 Å². The molecule has 26 heavy (non-hydrogen) atoms. The first-order valence-electron chi connectivity index (χ1n) is 7.76. The maximum absolute atomic E-state index is 12.5. The summed E-state index contributed by atoms with van der Waals surface area (Å²) in [7, 11) is 0. The highest BCUT2D eigenvalue weighted by atomic mass is 127. The Balaban J connectivity index is 1.78. The second-order valence-electron chi connectivity index (χ2n) is 5.28. The minimum absolute atomic E-state index is 0.0798. The van der Waals surface area contributed by atoms with Crippen molar-refractivity contribution in [3.63, 3.8) is 0 Å². The maximum Gasteiger partial charge on any atom is 0.268 e. The Morgan fingerprint density at radius 3 is 2.50 bits per heavy atom. The second-order valence-corrected chi connectivity index (χ2v) is 6.35. The average Bonchev–Trinajstić information content (AvgIpc) is 3.31. The van der Waals surface area contributed by atoms with Crippen molar-refractivity contribution in [2.45, 2.75) is 6.54 Å². The van der Waals surface area contributed by atoms with E-state index in [-0.39, 0.29) is 18.1 Å². The van der Waals surface area contributed by atoms with Gasteiger partial charge in [0.25, 0.3) is 11.8 Å². The van der Waals surface area contributed by atoms with Crippen molar-refractivity contribution in [1.29, 1.82) is 0 Å². The summed E-state index contributed by atoms with van der Waals surface area (Å²) in [5, 5.41) is 5.35. The summed E-state index contributed by atoms with van der Waals surface area (Å²) < 4.78 is 11.3. The van der Waals surface area contributed by atoms with Crippen molar-refractivity contribution in [2.24, 2.45) is 0 Å². The molecular weight excluding hydrogens is 447 g/mol. The van der Waals surface area contributed by atoms with Crippen LogP contribution >= 0.6 is 22.6 Å². The molecule has 0 fully saturated rings. The monoisotopic (exact) mass is 462 g/mol. The van der Waals surface area contributed by atoms with Crippen LogP contribution in [0.4, 0.5) is 0 Å². The third-order valence-electron chi connectivity index (χ3n) is 3.41. The Morgan fingerprint density at radius 1 is 1.04 bits per heavy atom. The highest BCUT2D eigenvalue weighted by molar-refractivity contribution is 14.1. The number of carbonyl (C=O) groups excluding carboxylic acids is 2. The van der Waals surface area contributed by atoms with Crippen LogP contribution in [0.5, 0.6) is 0 Å². The standard InChI is InChI=1S/C19H15IN2O4/c20-17-9-8-14(26-17)11-16(19(24)21-12-15-7-4-10-25-15)22-18(23)13-5-2-1-3-6-13/h1-11H,12H2,(H,21,24)(H,22,23). The zero-order valence-electron chi connectivity index (χ0n) is 13.6. The number of nitrogens with one attached hydrogen (secondary N) is 2. The van der Waals surface area contributed by atoms with E-state index in [9.17, 15) is 9.59 Å². The Labute approximate surface area is 163 Å². The molecule has 132 valence electrons. The van der Waals surface area contributed by atoms with Gasteiger partial charge in [-0.3, -0.25) is 9.59 Å². The summed E-state index contributed by atoms with van der Waals surface area (Å²) in [6, 6.07) is 15.6. The molecule has 0 radical (unpaired) electrons. The van der Waals surface area contributed by atoms with Crippen LogP contribution in [0.25, 0.3) is 6.08 Å². The van der Waals surface area contributed by atoms with Crippen molar-refractivity contribution in [1.82, 2.24) is 10.6 Å². The van der Waals surface area contributed by atoms with Crippen molar-refractivity contribution in [3.05, 3.63) is 87.4 Å². The molecule has 0 aliphatic heterocycles. The summed E-state index contributed by atoms with van der Waals surface area (Å²) in [4.78, 5) is 24.9. The number of halogens is 1. The number of hydrogen-bond donors (Lipinski definition) is 2. The lowest BCUT2D eigenvalue weighted by molar-refractivity contribution is -0.118. The highest BCUT2D eigenvalue weighted by Gasteiger charge is 2.15. The zero-order valence-corrected chi connectivity index (χ0v) is 15.7. The van der Waals surface area contributed by atoms with Gasteiger partial charge in [-0.25, -0.2) is 0 Å². The lowest BCUT2D eigenvalue weighted by atomic mass is 10.2. The third kappa shape index (κ3) is 4.85. The quantitative estimate of drug-likeness (QED) is 0.434. The molecule has 0 atom stereocenters. The molecule has 0 saturated carbocycles. The van der Waals surface area contributed by atoms with E-state index < -0.39 is 5.91 Å². The third-order valence-corrected chi connectivity index (χ3v) is 3.99. The maximum atomic E-state index is 12.5. The van der Waals surface area contributed by atoms with Gasteiger partial charge in [-0.15, -0.1) is 0 Å². The van der Waals surface area contributed by atoms with Crippen LogP contribution in [0.1, 0.15) is 21.9 Å². The van der Waals surface area contributed by atoms with E-state index in [1.807, 2.05) is 28.7 Å². The number of amides is 2. The predicted molar refractivity (Wildman–Crippen MR) is 104 cm³/mol. The van der Waals surface area contributed by atoms with Crippen LogP contribution in [0.2, 0.25) is 0 Å². The summed E-state index contributed by atoms with van der Waals surface area (Å²) in [5.74, 6) is 0.244. The summed E-state index contributed by atoms with van der Waals surface area (Å²) in [6.07, 6.45) is 3.01. The SMILES string of the molecule is O=C(NCc1ccco1)C(=Cc1ccc(I)o1)NC(=O)c1ccccc1. The number of benzene rings is 1. The van der Waals surface area contributed by atoms with Gasteiger partial charge in [0, 0.05) is 11.6 Å². The fraction of sp³-hybridized carbons (Fsp3) is 0.0526. The fourth-order valence-corrected chi connectivity index (χ4v) is 2.60. The molecular formula is C19H15IN2O4. The van der Waals surface area contributed by atoms with E-state index in [0.29, 0.717) is 20.9 Å². The van der Waals surface area contributed by atoms with Crippen LogP contribution in [-0.2, 0) is 11.3 Å². The van der Waals surface area contributed by atoms with Gasteiger partial charge >= 0.3 is 0 Å². The smallest absolute Gasteiger partial charge is 0.268 e. The fourth-order valence-electron chi connectivity index (χ4n) is 2.17. The van der Waals surface area contributed by atoms with Crippen molar-refractivity contribution in [2.75, 3.05) is 0 Å². The van der Waals surface area contributed by atoms with Gasteiger partial charge in [0.2, 0.25) is 0 Å². The first-order chi connectivity index (χ1) is 12.6. The normalized spacial score (nSPS) is 11.2. The Bertz CT molecular complexity index is 914. The van der Waals surface area contributed by atoms with Crippen LogP contribution < -0.4 is 10.6 Å². The van der Waals surface area contributed by atoms with Gasteiger partial charge in [0.15, 0.2) is 3.77 Å². The Morgan fingerprint density at radius 2 is 1.85 bits per heavy atom. The highest BCUT2D eigenvalue weighted by Crippen LogP contribution is 2.13. The zero-order chi connectivity index (χ0) is 18.4. The van der Waals surface area contributed by atoms with Gasteiger partial charge in [-0.1, -0.05) is 18.2 Å². The molecule has 0 aliphatic carbocycles. The van der Waals surface area contributed by atoms with Gasteiger partial charge in [-0.2, -0.15) is 0 Å². The number of hydrogen-bond acceptors (Lipinski definition) is 4. The summed E-state index contributed by atoms with van der Waals surface area (Å²) in [5.41, 5.74) is 0.530. The molecule has 0 unspecified atom stereocenters. The van der Waals surface area contributed by atoms with Gasteiger partial charge < -0.3 is 19.5 Å². The second kappa shape index (κ2) is 8.52. The molecule has 2 amide bonds. The van der Waals surface area contributed by atoms with Gasteiger partial charge in [0.1, 0.15) is 17.2 Å². The molecule has 6 nitrogen and oxygen atoms in total. The van der Waals surface area contributed by atoms with Crippen LogP contribution in [-0.4, -0.2) is 11.8 Å².